The zero-order valence-electron chi connectivity index (χ0n) is 16.1. The van der Waals surface area contributed by atoms with Crippen LogP contribution in [0.5, 0.6) is 0 Å². The molecule has 0 aromatic rings. The zero-order chi connectivity index (χ0) is 18.9. The van der Waals surface area contributed by atoms with Crippen LogP contribution in [0.4, 0.5) is 0 Å². The number of hydrogen-bond acceptors (Lipinski definition) is 6. The molecular weight excluding hydrogens is 336 g/mol. The predicted molar refractivity (Wildman–Crippen MR) is 92.0 cm³/mol. The summed E-state index contributed by atoms with van der Waals surface area (Å²) in [5, 5.41) is 44.4. The molecule has 2 saturated carbocycles. The maximum atomic E-state index is 11.3. The van der Waals surface area contributed by atoms with E-state index in [1.165, 1.54) is 0 Å². The first kappa shape index (κ1) is 17.8. The van der Waals surface area contributed by atoms with Crippen molar-refractivity contribution in [3.8, 4) is 0 Å². The first-order valence-electron chi connectivity index (χ1n) is 10.1. The lowest BCUT2D eigenvalue weighted by atomic mass is 9.55. The van der Waals surface area contributed by atoms with Crippen LogP contribution in [0.25, 0.3) is 0 Å². The Morgan fingerprint density at radius 2 is 1.65 bits per heavy atom. The summed E-state index contributed by atoms with van der Waals surface area (Å²) in [5.74, 6) is -1.47. The molecule has 10 atom stereocenters. The summed E-state index contributed by atoms with van der Waals surface area (Å²) < 4.78 is 13.0. The molecule has 3 saturated heterocycles. The monoisotopic (exact) mass is 368 g/mol. The van der Waals surface area contributed by atoms with E-state index in [4.69, 9.17) is 9.47 Å². The number of hydrogen-bond donors (Lipinski definition) is 4. The van der Waals surface area contributed by atoms with Crippen LogP contribution in [0.2, 0.25) is 0 Å². The third kappa shape index (κ3) is 1.67. The van der Waals surface area contributed by atoms with Crippen molar-refractivity contribution < 1.29 is 29.9 Å². The molecule has 0 amide bonds. The summed E-state index contributed by atoms with van der Waals surface area (Å²) in [7, 11) is 0. The lowest BCUT2D eigenvalue weighted by Crippen LogP contribution is -2.64. The summed E-state index contributed by atoms with van der Waals surface area (Å²) in [4.78, 5) is 0. The SMILES string of the molecule is CC1(C)[C@@H](O)C[C@@H]2O[C@]13O[C@]2(C)[C@@H]1CC[C@@H]2[C@@H](O)[C@@]1(C[C@H]3O)C[C@@]2(C)O. The van der Waals surface area contributed by atoms with Crippen LogP contribution in [-0.2, 0) is 9.47 Å². The quantitative estimate of drug-likeness (QED) is 0.508. The van der Waals surface area contributed by atoms with E-state index in [1.54, 1.807) is 0 Å². The van der Waals surface area contributed by atoms with E-state index >= 15 is 0 Å². The Balaban J connectivity index is 1.70. The fourth-order valence-corrected chi connectivity index (χ4v) is 7.67. The van der Waals surface area contributed by atoms with Gasteiger partial charge in [-0.05, 0) is 45.4 Å². The summed E-state index contributed by atoms with van der Waals surface area (Å²) in [6, 6.07) is 0. The molecule has 26 heavy (non-hydrogen) atoms. The van der Waals surface area contributed by atoms with Gasteiger partial charge in [-0.15, -0.1) is 0 Å². The van der Waals surface area contributed by atoms with Crippen LogP contribution in [-0.4, -0.2) is 61.8 Å². The van der Waals surface area contributed by atoms with Crippen LogP contribution in [0.15, 0.2) is 0 Å². The van der Waals surface area contributed by atoms with Gasteiger partial charge in [0.25, 0.3) is 0 Å². The fraction of sp³-hybridized carbons (Fsp3) is 1.00. The summed E-state index contributed by atoms with van der Waals surface area (Å²) in [5.41, 5.74) is -2.98. The molecule has 0 aromatic heterocycles. The van der Waals surface area contributed by atoms with Crippen LogP contribution in [0, 0.1) is 22.7 Å². The van der Waals surface area contributed by atoms with E-state index in [0.717, 1.165) is 12.8 Å². The minimum Gasteiger partial charge on any atom is -0.392 e. The molecular formula is C20H32O6. The van der Waals surface area contributed by atoms with E-state index in [1.807, 2.05) is 27.7 Å². The Morgan fingerprint density at radius 1 is 0.962 bits per heavy atom. The number of fused-ring (bicyclic) bond motifs is 5. The minimum absolute atomic E-state index is 0.0275. The van der Waals surface area contributed by atoms with E-state index in [0.29, 0.717) is 19.3 Å². The van der Waals surface area contributed by atoms with E-state index in [9.17, 15) is 20.4 Å². The average Bonchev–Trinajstić information content (AvgIpc) is 2.80. The molecule has 148 valence electrons. The number of aliphatic hydroxyl groups is 4. The zero-order valence-corrected chi connectivity index (χ0v) is 16.1. The number of ether oxygens (including phenoxy) is 2. The van der Waals surface area contributed by atoms with Crippen molar-refractivity contribution in [1.82, 2.24) is 0 Å². The second-order valence-electron chi connectivity index (χ2n) is 10.7. The summed E-state index contributed by atoms with van der Waals surface area (Å²) in [6.07, 6.45) is 0.244. The molecule has 0 unspecified atom stereocenters. The Bertz CT molecular complexity index is 648. The highest BCUT2D eigenvalue weighted by atomic mass is 16.8. The largest absolute Gasteiger partial charge is 0.392 e. The molecule has 0 aromatic carbocycles. The predicted octanol–water partition coefficient (Wildman–Crippen LogP) is 0.940. The van der Waals surface area contributed by atoms with Crippen molar-refractivity contribution in [2.75, 3.05) is 0 Å². The fourth-order valence-electron chi connectivity index (χ4n) is 7.67. The van der Waals surface area contributed by atoms with Gasteiger partial charge in [-0.2, -0.15) is 0 Å². The highest BCUT2D eigenvalue weighted by molar-refractivity contribution is 5.24. The van der Waals surface area contributed by atoms with Crippen molar-refractivity contribution in [3.63, 3.8) is 0 Å². The lowest BCUT2D eigenvalue weighted by molar-refractivity contribution is -0.328. The van der Waals surface area contributed by atoms with Gasteiger partial charge in [0.2, 0.25) is 5.79 Å². The van der Waals surface area contributed by atoms with E-state index in [-0.39, 0.29) is 17.9 Å². The van der Waals surface area contributed by atoms with Crippen molar-refractivity contribution in [3.05, 3.63) is 0 Å². The highest BCUT2D eigenvalue weighted by Crippen LogP contribution is 2.71. The molecule has 3 heterocycles. The van der Waals surface area contributed by atoms with Crippen molar-refractivity contribution in [1.29, 1.82) is 0 Å². The molecule has 0 radical (unpaired) electrons. The first-order valence-corrected chi connectivity index (χ1v) is 10.1. The Morgan fingerprint density at radius 3 is 2.35 bits per heavy atom. The van der Waals surface area contributed by atoms with Gasteiger partial charge in [0, 0.05) is 23.2 Å². The summed E-state index contributed by atoms with van der Waals surface area (Å²) >= 11 is 0. The smallest absolute Gasteiger partial charge is 0.203 e. The molecule has 5 rings (SSSR count). The minimum atomic E-state index is -1.28. The molecule has 6 nitrogen and oxygen atoms in total. The van der Waals surface area contributed by atoms with Crippen molar-refractivity contribution in [2.45, 2.75) is 101 Å². The second-order valence-corrected chi connectivity index (χ2v) is 10.7. The Kier molecular flexibility index (Phi) is 3.20. The van der Waals surface area contributed by atoms with Crippen LogP contribution in [0.3, 0.4) is 0 Å². The lowest BCUT2D eigenvalue weighted by Gasteiger charge is -2.54. The van der Waals surface area contributed by atoms with Gasteiger partial charge in [-0.25, -0.2) is 0 Å². The van der Waals surface area contributed by atoms with E-state index in [2.05, 4.69) is 0 Å². The number of aliphatic hydroxyl groups excluding tert-OH is 3. The Labute approximate surface area is 154 Å². The number of rotatable bonds is 0. The summed E-state index contributed by atoms with van der Waals surface area (Å²) in [6.45, 7) is 7.62. The molecule has 2 aliphatic carbocycles. The van der Waals surface area contributed by atoms with Gasteiger partial charge in [0.05, 0.1) is 29.5 Å². The normalized spacial score (nSPS) is 65.5. The molecule has 5 bridgehead atoms. The molecule has 6 heteroatoms. The maximum Gasteiger partial charge on any atom is 0.203 e. The third-order valence-corrected chi connectivity index (χ3v) is 9.12. The van der Waals surface area contributed by atoms with Gasteiger partial charge in [-0.1, -0.05) is 13.8 Å². The second kappa shape index (κ2) is 4.66. The standard InChI is InChI=1S/C20H32O6/c1-16(2)12(21)7-14-18(4)11-6-5-10-15(23)19(11,9-17(10,3)24)8-13(22)20(16,25-14)26-18/h10-15,21-24H,5-9H2,1-4H3/t10-,11+,12+,13-,14+,15-,17-,18-,19+,20-/m1/s1. The maximum absolute atomic E-state index is 11.3. The Hall–Kier alpha value is -0.240. The topological polar surface area (TPSA) is 99.4 Å². The first-order chi connectivity index (χ1) is 11.9. The van der Waals surface area contributed by atoms with Gasteiger partial charge >= 0.3 is 0 Å². The molecule has 5 fully saturated rings. The molecule has 5 aliphatic rings. The molecule has 3 aliphatic heterocycles. The average molecular weight is 368 g/mol. The van der Waals surface area contributed by atoms with Crippen LogP contribution < -0.4 is 0 Å². The van der Waals surface area contributed by atoms with Crippen molar-refractivity contribution >= 4 is 0 Å². The highest BCUT2D eigenvalue weighted by Gasteiger charge is 2.79. The van der Waals surface area contributed by atoms with E-state index < -0.39 is 46.1 Å². The van der Waals surface area contributed by atoms with Gasteiger partial charge in [0.15, 0.2) is 0 Å². The third-order valence-electron chi connectivity index (χ3n) is 9.12. The van der Waals surface area contributed by atoms with Gasteiger partial charge in [0.1, 0.15) is 6.10 Å². The van der Waals surface area contributed by atoms with Crippen LogP contribution in [0.1, 0.15) is 59.8 Å². The molecule has 4 N–H and O–H groups in total. The van der Waals surface area contributed by atoms with Crippen molar-refractivity contribution in [2.24, 2.45) is 22.7 Å². The molecule has 2 spiro atoms. The van der Waals surface area contributed by atoms with Gasteiger partial charge < -0.3 is 29.9 Å². The van der Waals surface area contributed by atoms with Crippen LogP contribution >= 0.6 is 0 Å². The van der Waals surface area contributed by atoms with Gasteiger partial charge in [-0.3, -0.25) is 0 Å².